The van der Waals surface area contributed by atoms with Crippen molar-refractivity contribution < 1.29 is 19.0 Å². The molecule has 0 bridgehead atoms. The first-order chi connectivity index (χ1) is 17.4. The van der Waals surface area contributed by atoms with Crippen LogP contribution in [-0.4, -0.2) is 37.2 Å². The van der Waals surface area contributed by atoms with Crippen LogP contribution in [0.3, 0.4) is 0 Å². The van der Waals surface area contributed by atoms with Crippen LogP contribution >= 0.6 is 11.6 Å². The van der Waals surface area contributed by atoms with Crippen molar-refractivity contribution in [2.75, 3.05) is 26.6 Å². The number of pyridine rings is 1. The van der Waals surface area contributed by atoms with Crippen molar-refractivity contribution in [3.05, 3.63) is 93.2 Å². The van der Waals surface area contributed by atoms with E-state index in [2.05, 4.69) is 10.3 Å². The molecule has 0 saturated carbocycles. The summed E-state index contributed by atoms with van der Waals surface area (Å²) >= 11 is 6.08. The van der Waals surface area contributed by atoms with Crippen molar-refractivity contribution in [3.63, 3.8) is 0 Å². The molecule has 2 N–H and O–H groups in total. The Morgan fingerprint density at radius 2 is 1.56 bits per heavy atom. The maximum Gasteiger partial charge on any atom is 0.322 e. The Labute approximate surface area is 213 Å². The lowest BCUT2D eigenvalue weighted by molar-refractivity contribution is 0.205. The third kappa shape index (κ3) is 5.55. The van der Waals surface area contributed by atoms with E-state index in [0.717, 1.165) is 10.9 Å². The summed E-state index contributed by atoms with van der Waals surface area (Å²) < 4.78 is 16.2. The second-order valence-electron chi connectivity index (χ2n) is 8.03. The predicted molar refractivity (Wildman–Crippen MR) is 140 cm³/mol. The minimum absolute atomic E-state index is 0.0457. The van der Waals surface area contributed by atoms with Crippen LogP contribution in [-0.2, 0) is 13.1 Å². The molecule has 1 heterocycles. The van der Waals surface area contributed by atoms with E-state index in [-0.39, 0.29) is 18.6 Å². The number of urea groups is 1. The van der Waals surface area contributed by atoms with Crippen LogP contribution in [0.25, 0.3) is 10.9 Å². The molecule has 0 radical (unpaired) electrons. The molecule has 0 aliphatic rings. The van der Waals surface area contributed by atoms with Crippen molar-refractivity contribution in [1.82, 2.24) is 9.88 Å². The van der Waals surface area contributed by atoms with Crippen molar-refractivity contribution in [2.24, 2.45) is 0 Å². The molecule has 1 aromatic heterocycles. The lowest BCUT2D eigenvalue weighted by Gasteiger charge is -2.24. The lowest BCUT2D eigenvalue weighted by atomic mass is 10.1. The SMILES string of the molecule is COc1ccccc1CN(Cc1cc2cc(OC)c(OC)cc2[nH]c1=O)C(=O)Nc1cccc(Cl)c1. The highest BCUT2D eigenvalue weighted by Gasteiger charge is 2.19. The summed E-state index contributed by atoms with van der Waals surface area (Å²) in [4.78, 5) is 30.8. The smallest absolute Gasteiger partial charge is 0.322 e. The number of anilines is 1. The zero-order valence-electron chi connectivity index (χ0n) is 20.1. The number of nitrogens with one attached hydrogen (secondary N) is 2. The monoisotopic (exact) mass is 507 g/mol. The molecular weight excluding hydrogens is 482 g/mol. The van der Waals surface area contributed by atoms with E-state index in [4.69, 9.17) is 25.8 Å². The first-order valence-electron chi connectivity index (χ1n) is 11.1. The molecule has 3 aromatic carbocycles. The molecule has 8 nitrogen and oxygen atoms in total. The fourth-order valence-electron chi connectivity index (χ4n) is 3.91. The van der Waals surface area contributed by atoms with Crippen molar-refractivity contribution in [3.8, 4) is 17.2 Å². The minimum Gasteiger partial charge on any atom is -0.496 e. The highest BCUT2D eigenvalue weighted by atomic mass is 35.5. The Morgan fingerprint density at radius 3 is 2.28 bits per heavy atom. The van der Waals surface area contributed by atoms with E-state index >= 15 is 0 Å². The number of fused-ring (bicyclic) bond motifs is 1. The van der Waals surface area contributed by atoms with Gasteiger partial charge in [-0.05, 0) is 36.4 Å². The fourth-order valence-corrected chi connectivity index (χ4v) is 4.10. The Balaban J connectivity index is 1.71. The van der Waals surface area contributed by atoms with E-state index in [1.165, 1.54) is 12.0 Å². The van der Waals surface area contributed by atoms with Gasteiger partial charge in [0, 0.05) is 33.3 Å². The second-order valence-corrected chi connectivity index (χ2v) is 8.46. The van der Waals surface area contributed by atoms with E-state index in [1.54, 1.807) is 56.7 Å². The Morgan fingerprint density at radius 1 is 0.861 bits per heavy atom. The number of ether oxygens (including phenoxy) is 3. The summed E-state index contributed by atoms with van der Waals surface area (Å²) in [6.45, 7) is 0.254. The normalized spacial score (nSPS) is 10.7. The average molecular weight is 508 g/mol. The number of rotatable bonds is 8. The van der Waals surface area contributed by atoms with Gasteiger partial charge in [-0.1, -0.05) is 35.9 Å². The van der Waals surface area contributed by atoms with Crippen LogP contribution in [0, 0.1) is 0 Å². The standard InChI is InChI=1S/C27H26ClN3O5/c1-34-23-10-5-4-7-17(23)15-31(27(33)29-21-9-6-8-20(28)13-21)16-19-11-18-12-24(35-2)25(36-3)14-22(18)30-26(19)32/h4-14H,15-16H2,1-3H3,(H,29,33)(H,30,32). The number of amides is 2. The Bertz CT molecular complexity index is 1450. The van der Waals surface area contributed by atoms with Crippen LogP contribution in [0.2, 0.25) is 5.02 Å². The van der Waals surface area contributed by atoms with Gasteiger partial charge in [0.15, 0.2) is 11.5 Å². The fraction of sp³-hybridized carbons (Fsp3) is 0.185. The van der Waals surface area contributed by atoms with Crippen LogP contribution in [0.15, 0.2) is 71.5 Å². The number of benzene rings is 3. The largest absolute Gasteiger partial charge is 0.496 e. The van der Waals surface area contributed by atoms with Gasteiger partial charge in [-0.3, -0.25) is 4.79 Å². The highest BCUT2D eigenvalue weighted by molar-refractivity contribution is 6.30. The molecule has 4 aromatic rings. The second kappa shape index (κ2) is 11.0. The summed E-state index contributed by atoms with van der Waals surface area (Å²) in [7, 11) is 4.65. The average Bonchev–Trinajstić information content (AvgIpc) is 2.88. The van der Waals surface area contributed by atoms with E-state index in [1.807, 2.05) is 24.3 Å². The number of carbonyl (C=O) groups is 1. The van der Waals surface area contributed by atoms with Crippen molar-refractivity contribution >= 4 is 34.2 Å². The summed E-state index contributed by atoms with van der Waals surface area (Å²) in [6, 6.07) is 19.1. The molecule has 0 fully saturated rings. The molecule has 0 spiro atoms. The molecular formula is C27H26ClN3O5. The van der Waals surface area contributed by atoms with E-state index in [9.17, 15) is 9.59 Å². The maximum absolute atomic E-state index is 13.4. The van der Waals surface area contributed by atoms with Crippen LogP contribution < -0.4 is 25.1 Å². The summed E-state index contributed by atoms with van der Waals surface area (Å²) in [5.74, 6) is 1.68. The molecule has 0 unspecified atom stereocenters. The topological polar surface area (TPSA) is 92.9 Å². The van der Waals surface area contributed by atoms with Gasteiger partial charge < -0.3 is 29.4 Å². The van der Waals surface area contributed by atoms with Gasteiger partial charge in [0.2, 0.25) is 0 Å². The lowest BCUT2D eigenvalue weighted by Crippen LogP contribution is -2.35. The van der Waals surface area contributed by atoms with Crippen molar-refractivity contribution in [1.29, 1.82) is 0 Å². The van der Waals surface area contributed by atoms with Gasteiger partial charge in [-0.2, -0.15) is 0 Å². The third-order valence-corrected chi connectivity index (χ3v) is 5.94. The number of nitrogens with zero attached hydrogens (tertiary/aromatic N) is 1. The number of H-pyrrole nitrogens is 1. The third-order valence-electron chi connectivity index (χ3n) is 5.70. The molecule has 186 valence electrons. The zero-order valence-corrected chi connectivity index (χ0v) is 20.9. The summed E-state index contributed by atoms with van der Waals surface area (Å²) in [5, 5.41) is 4.11. The molecule has 0 saturated heterocycles. The quantitative estimate of drug-likeness (QED) is 0.331. The predicted octanol–water partition coefficient (Wildman–Crippen LogP) is 5.44. The van der Waals surface area contributed by atoms with Gasteiger partial charge in [-0.15, -0.1) is 0 Å². The maximum atomic E-state index is 13.4. The van der Waals surface area contributed by atoms with Gasteiger partial charge >= 0.3 is 6.03 Å². The first kappa shape index (κ1) is 24.9. The van der Waals surface area contributed by atoms with Crippen LogP contribution in [0.1, 0.15) is 11.1 Å². The zero-order chi connectivity index (χ0) is 25.7. The Kier molecular flexibility index (Phi) is 7.65. The molecule has 36 heavy (non-hydrogen) atoms. The number of para-hydroxylation sites is 1. The van der Waals surface area contributed by atoms with E-state index in [0.29, 0.717) is 39.0 Å². The van der Waals surface area contributed by atoms with Crippen LogP contribution in [0.4, 0.5) is 10.5 Å². The molecule has 0 atom stereocenters. The van der Waals surface area contributed by atoms with Gasteiger partial charge in [0.05, 0.1) is 39.9 Å². The number of hydrogen-bond acceptors (Lipinski definition) is 5. The van der Waals surface area contributed by atoms with Gasteiger partial charge in [0.1, 0.15) is 5.75 Å². The van der Waals surface area contributed by atoms with Crippen molar-refractivity contribution in [2.45, 2.75) is 13.1 Å². The molecule has 2 amide bonds. The molecule has 0 aliphatic carbocycles. The summed E-state index contributed by atoms with van der Waals surface area (Å²) in [5.41, 5.74) is 2.04. The summed E-state index contributed by atoms with van der Waals surface area (Å²) in [6.07, 6.45) is 0. The van der Waals surface area contributed by atoms with E-state index < -0.39 is 6.03 Å². The number of methoxy groups -OCH3 is 3. The number of hydrogen-bond donors (Lipinski definition) is 2. The van der Waals surface area contributed by atoms with Crippen LogP contribution in [0.5, 0.6) is 17.2 Å². The number of aromatic amines is 1. The highest BCUT2D eigenvalue weighted by Crippen LogP contribution is 2.31. The minimum atomic E-state index is -0.394. The first-order valence-corrected chi connectivity index (χ1v) is 11.5. The number of aromatic nitrogens is 1. The number of carbonyl (C=O) groups excluding carboxylic acids is 1. The molecule has 4 rings (SSSR count). The molecule has 0 aliphatic heterocycles. The van der Waals surface area contributed by atoms with Gasteiger partial charge in [0.25, 0.3) is 5.56 Å². The molecule has 9 heteroatoms. The van der Waals surface area contributed by atoms with Gasteiger partial charge in [-0.25, -0.2) is 4.79 Å². The Hall–Kier alpha value is -4.17. The number of halogens is 1.